The molecule has 7 aromatic carbocycles. The lowest BCUT2D eigenvalue weighted by atomic mass is 9.81. The van der Waals surface area contributed by atoms with Gasteiger partial charge >= 0.3 is 0 Å². The van der Waals surface area contributed by atoms with Crippen LogP contribution in [0.5, 0.6) is 0 Å². The van der Waals surface area contributed by atoms with Crippen molar-refractivity contribution >= 4 is 39.0 Å². The van der Waals surface area contributed by atoms with Gasteiger partial charge in [-0.3, -0.25) is 0 Å². The molecule has 1 heterocycles. The second-order valence-electron chi connectivity index (χ2n) is 14.9. The van der Waals surface area contributed by atoms with Crippen LogP contribution >= 0.6 is 0 Å². The van der Waals surface area contributed by atoms with Gasteiger partial charge in [0.05, 0.1) is 5.69 Å². The van der Waals surface area contributed by atoms with Crippen molar-refractivity contribution in [3.05, 3.63) is 174 Å². The Labute approximate surface area is 293 Å². The molecule has 0 saturated carbocycles. The molecule has 10 rings (SSSR count). The van der Waals surface area contributed by atoms with E-state index in [1.54, 1.807) is 0 Å². The summed E-state index contributed by atoms with van der Waals surface area (Å²) in [7, 11) is 0. The zero-order valence-corrected chi connectivity index (χ0v) is 28.8. The summed E-state index contributed by atoms with van der Waals surface area (Å²) in [6.45, 7) is 9.45. The first-order chi connectivity index (χ1) is 24.3. The van der Waals surface area contributed by atoms with Crippen molar-refractivity contribution in [1.82, 2.24) is 0 Å². The lowest BCUT2D eigenvalue weighted by Gasteiger charge is -2.32. The molecule has 0 spiro atoms. The molecule has 0 fully saturated rings. The van der Waals surface area contributed by atoms with Gasteiger partial charge in [-0.1, -0.05) is 137 Å². The average Bonchev–Trinajstić information content (AvgIpc) is 3.72. The van der Waals surface area contributed by atoms with Crippen LogP contribution in [0.25, 0.3) is 55.3 Å². The summed E-state index contributed by atoms with van der Waals surface area (Å²) in [5.74, 6) is 0. The molecule has 2 nitrogen and oxygen atoms in total. The van der Waals surface area contributed by atoms with E-state index in [0.717, 1.165) is 33.3 Å². The first-order valence-electron chi connectivity index (χ1n) is 17.6. The van der Waals surface area contributed by atoms with E-state index in [1.807, 2.05) is 12.1 Å². The van der Waals surface area contributed by atoms with Crippen molar-refractivity contribution in [2.24, 2.45) is 0 Å². The minimum Gasteiger partial charge on any atom is -0.456 e. The molecule has 240 valence electrons. The van der Waals surface area contributed by atoms with Crippen LogP contribution in [-0.4, -0.2) is 0 Å². The molecule has 8 aromatic rings. The summed E-state index contributed by atoms with van der Waals surface area (Å²) in [5.41, 5.74) is 18.3. The van der Waals surface area contributed by atoms with Crippen molar-refractivity contribution in [2.75, 3.05) is 4.90 Å². The molecule has 50 heavy (non-hydrogen) atoms. The fourth-order valence-electron chi connectivity index (χ4n) is 9.09. The van der Waals surface area contributed by atoms with Gasteiger partial charge in [-0.25, -0.2) is 0 Å². The predicted octanol–water partition coefficient (Wildman–Crippen LogP) is 13.3. The first kappa shape index (κ1) is 29.1. The van der Waals surface area contributed by atoms with Crippen LogP contribution in [0.15, 0.2) is 156 Å². The molecule has 2 aliphatic carbocycles. The number of furan rings is 1. The highest BCUT2D eigenvalue weighted by molar-refractivity contribution is 6.12. The lowest BCUT2D eigenvalue weighted by molar-refractivity contribution is 0.660. The van der Waals surface area contributed by atoms with Gasteiger partial charge in [0, 0.05) is 33.0 Å². The number of hydrogen-bond acceptors (Lipinski definition) is 2. The Hall–Kier alpha value is -5.86. The Morgan fingerprint density at radius 3 is 1.82 bits per heavy atom. The molecule has 0 amide bonds. The molecule has 0 aliphatic heterocycles. The third-order valence-electron chi connectivity index (χ3n) is 11.5. The standard InChI is InChI=1S/C48H37NO/c1-47(2)39-18-8-6-14-35(39)38-29-32(27-28-41(38)47)49(42-20-11-17-36-34-13-5-9-19-40(34)48(3,4)46(36)42)31-25-23-30(24-26-31)33-16-12-22-44-45(33)37-15-7-10-21-43(37)50-44/h5-29H,1-4H3. The van der Waals surface area contributed by atoms with Gasteiger partial charge in [-0.2, -0.15) is 0 Å². The highest BCUT2D eigenvalue weighted by Gasteiger charge is 2.40. The summed E-state index contributed by atoms with van der Waals surface area (Å²) in [6, 6.07) is 55.6. The Balaban J connectivity index is 1.18. The maximum Gasteiger partial charge on any atom is 0.136 e. The molecule has 0 bridgehead atoms. The van der Waals surface area contributed by atoms with Crippen LogP contribution in [0.4, 0.5) is 17.1 Å². The Morgan fingerprint density at radius 2 is 1.02 bits per heavy atom. The van der Waals surface area contributed by atoms with Crippen molar-refractivity contribution in [1.29, 1.82) is 0 Å². The minimum atomic E-state index is -0.163. The van der Waals surface area contributed by atoms with Gasteiger partial charge in [0.25, 0.3) is 0 Å². The number of para-hydroxylation sites is 1. The van der Waals surface area contributed by atoms with Gasteiger partial charge in [-0.15, -0.1) is 0 Å². The van der Waals surface area contributed by atoms with Crippen LogP contribution in [0.3, 0.4) is 0 Å². The van der Waals surface area contributed by atoms with Gasteiger partial charge in [0.1, 0.15) is 11.2 Å². The fourth-order valence-corrected chi connectivity index (χ4v) is 9.09. The van der Waals surface area contributed by atoms with E-state index < -0.39 is 0 Å². The van der Waals surface area contributed by atoms with E-state index in [0.29, 0.717) is 0 Å². The van der Waals surface area contributed by atoms with E-state index in [2.05, 4.69) is 172 Å². The summed E-state index contributed by atoms with van der Waals surface area (Å²) >= 11 is 0. The topological polar surface area (TPSA) is 16.4 Å². The predicted molar refractivity (Wildman–Crippen MR) is 209 cm³/mol. The number of rotatable bonds is 4. The zero-order chi connectivity index (χ0) is 33.8. The highest BCUT2D eigenvalue weighted by atomic mass is 16.3. The molecule has 0 N–H and O–H groups in total. The number of hydrogen-bond donors (Lipinski definition) is 0. The van der Waals surface area contributed by atoms with Crippen molar-refractivity contribution in [3.8, 4) is 33.4 Å². The SMILES string of the molecule is CC1(C)c2ccccc2-c2cc(N(c3ccc(-c4cccc5oc6ccccc6c45)cc3)c3cccc4c3C(C)(C)c3ccccc3-4)ccc21. The Morgan fingerprint density at radius 1 is 0.440 bits per heavy atom. The average molecular weight is 644 g/mol. The van der Waals surface area contributed by atoms with E-state index in [4.69, 9.17) is 4.42 Å². The second kappa shape index (κ2) is 10.3. The van der Waals surface area contributed by atoms with Gasteiger partial charge in [0.2, 0.25) is 0 Å². The third kappa shape index (κ3) is 3.96. The van der Waals surface area contributed by atoms with Crippen LogP contribution in [0.1, 0.15) is 49.9 Å². The summed E-state index contributed by atoms with van der Waals surface area (Å²) in [4.78, 5) is 2.48. The Bertz CT molecular complexity index is 2650. The minimum absolute atomic E-state index is 0.0488. The summed E-state index contributed by atoms with van der Waals surface area (Å²) in [5, 5.41) is 2.31. The van der Waals surface area contributed by atoms with Gasteiger partial charge < -0.3 is 9.32 Å². The molecular weight excluding hydrogens is 607 g/mol. The van der Waals surface area contributed by atoms with Crippen molar-refractivity contribution < 1.29 is 4.42 Å². The number of benzene rings is 7. The smallest absolute Gasteiger partial charge is 0.136 e. The van der Waals surface area contributed by atoms with Crippen molar-refractivity contribution in [2.45, 2.75) is 38.5 Å². The molecule has 0 saturated heterocycles. The van der Waals surface area contributed by atoms with Crippen LogP contribution in [-0.2, 0) is 10.8 Å². The molecular formula is C48H37NO. The quantitative estimate of drug-likeness (QED) is 0.190. The monoisotopic (exact) mass is 643 g/mol. The van der Waals surface area contributed by atoms with Gasteiger partial charge in [0.15, 0.2) is 0 Å². The number of fused-ring (bicyclic) bond motifs is 9. The molecule has 2 aliphatic rings. The van der Waals surface area contributed by atoms with E-state index >= 15 is 0 Å². The molecule has 0 unspecified atom stereocenters. The van der Waals surface area contributed by atoms with E-state index in [1.165, 1.54) is 61.3 Å². The first-order valence-corrected chi connectivity index (χ1v) is 17.6. The van der Waals surface area contributed by atoms with Crippen LogP contribution < -0.4 is 4.90 Å². The Kier molecular flexibility index (Phi) is 6.01. The zero-order valence-electron chi connectivity index (χ0n) is 28.8. The number of nitrogens with zero attached hydrogens (tertiary/aromatic N) is 1. The highest BCUT2D eigenvalue weighted by Crippen LogP contribution is 2.55. The maximum absolute atomic E-state index is 6.25. The summed E-state index contributed by atoms with van der Waals surface area (Å²) < 4.78 is 6.25. The molecule has 2 heteroatoms. The maximum atomic E-state index is 6.25. The molecule has 0 radical (unpaired) electrons. The summed E-state index contributed by atoms with van der Waals surface area (Å²) in [6.07, 6.45) is 0. The van der Waals surface area contributed by atoms with Gasteiger partial charge in [-0.05, 0) is 98.1 Å². The normalized spacial score (nSPS) is 14.7. The van der Waals surface area contributed by atoms with Crippen LogP contribution in [0.2, 0.25) is 0 Å². The van der Waals surface area contributed by atoms with Crippen molar-refractivity contribution in [3.63, 3.8) is 0 Å². The lowest BCUT2D eigenvalue weighted by Crippen LogP contribution is -2.21. The molecule has 1 aromatic heterocycles. The molecule has 0 atom stereocenters. The fraction of sp³-hybridized carbons (Fsp3) is 0.125. The van der Waals surface area contributed by atoms with E-state index in [-0.39, 0.29) is 10.8 Å². The van der Waals surface area contributed by atoms with Crippen LogP contribution in [0, 0.1) is 0 Å². The number of anilines is 3. The largest absolute Gasteiger partial charge is 0.456 e. The second-order valence-corrected chi connectivity index (χ2v) is 14.9. The third-order valence-corrected chi connectivity index (χ3v) is 11.5. The van der Waals surface area contributed by atoms with E-state index in [9.17, 15) is 0 Å².